The van der Waals surface area contributed by atoms with Crippen molar-refractivity contribution in [3.05, 3.63) is 83.4 Å². The number of carbonyl (C=O) groups excluding carboxylic acids is 6. The molecule has 15 nitrogen and oxygen atoms in total. The van der Waals surface area contributed by atoms with Crippen molar-refractivity contribution in [1.82, 2.24) is 31.1 Å². The fourth-order valence-corrected chi connectivity index (χ4v) is 6.55. The Morgan fingerprint density at radius 2 is 1.24 bits per heavy atom. The van der Waals surface area contributed by atoms with Gasteiger partial charge in [-0.25, -0.2) is 0 Å². The lowest BCUT2D eigenvalue weighted by atomic mass is 10.00. The summed E-state index contributed by atoms with van der Waals surface area (Å²) in [7, 11) is 5.94. The Labute approximate surface area is 320 Å². The molecule has 0 spiro atoms. The van der Waals surface area contributed by atoms with Gasteiger partial charge in [0.05, 0.1) is 14.2 Å². The molecule has 15 heteroatoms. The van der Waals surface area contributed by atoms with Crippen LogP contribution in [0.1, 0.15) is 37.5 Å². The average Bonchev–Trinajstić information content (AvgIpc) is 3.17. The molecular formula is C40H48N6O9. The second-order valence-electron chi connectivity index (χ2n) is 13.9. The van der Waals surface area contributed by atoms with Crippen molar-refractivity contribution in [2.24, 2.45) is 0 Å². The maximum Gasteiger partial charge on any atom is 0.245 e. The Balaban J connectivity index is 1.55. The van der Waals surface area contributed by atoms with Crippen LogP contribution >= 0.6 is 0 Å². The van der Waals surface area contributed by atoms with Crippen molar-refractivity contribution in [3.63, 3.8) is 0 Å². The number of fused-ring (bicyclic) bond motifs is 2. The minimum Gasteiger partial charge on any atom is -0.497 e. The fraction of sp³-hybridized carbons (Fsp3) is 0.400. The van der Waals surface area contributed by atoms with E-state index < -0.39 is 71.7 Å². The molecule has 4 N–H and O–H groups in total. The first-order chi connectivity index (χ1) is 26.2. The van der Waals surface area contributed by atoms with Crippen LogP contribution in [-0.4, -0.2) is 110 Å². The van der Waals surface area contributed by atoms with Gasteiger partial charge in [0.25, 0.3) is 0 Å². The number of likely N-dealkylation sites (N-methyl/N-ethyl adjacent to an activating group) is 2. The van der Waals surface area contributed by atoms with Gasteiger partial charge in [-0.15, -0.1) is 0 Å². The average molecular weight is 757 g/mol. The van der Waals surface area contributed by atoms with E-state index in [1.165, 1.54) is 58.9 Å². The molecule has 3 aromatic carbocycles. The van der Waals surface area contributed by atoms with E-state index >= 15 is 0 Å². The number of hydrogen-bond acceptors (Lipinski definition) is 9. The molecule has 0 unspecified atom stereocenters. The van der Waals surface area contributed by atoms with Crippen molar-refractivity contribution in [2.75, 3.05) is 28.3 Å². The van der Waals surface area contributed by atoms with Crippen molar-refractivity contribution >= 4 is 35.4 Å². The third kappa shape index (κ3) is 9.52. The van der Waals surface area contributed by atoms with Gasteiger partial charge in [-0.1, -0.05) is 30.3 Å². The van der Waals surface area contributed by atoms with Crippen LogP contribution < -0.4 is 35.5 Å². The van der Waals surface area contributed by atoms with E-state index in [0.29, 0.717) is 39.7 Å². The molecule has 1 saturated heterocycles. The number of carbonyl (C=O) groups is 6. The van der Waals surface area contributed by atoms with Gasteiger partial charge in [0.15, 0.2) is 11.5 Å². The number of nitrogens with zero attached hydrogens (tertiary/aromatic N) is 2. The highest BCUT2D eigenvalue weighted by Crippen LogP contribution is 2.33. The van der Waals surface area contributed by atoms with E-state index in [0.717, 1.165) is 0 Å². The second kappa shape index (κ2) is 17.3. The van der Waals surface area contributed by atoms with Crippen LogP contribution in [0.25, 0.3) is 0 Å². The monoisotopic (exact) mass is 756 g/mol. The zero-order valence-corrected chi connectivity index (χ0v) is 32.0. The largest absolute Gasteiger partial charge is 0.497 e. The third-order valence-corrected chi connectivity index (χ3v) is 9.92. The molecule has 292 valence electrons. The topological polar surface area (TPSA) is 185 Å². The predicted octanol–water partition coefficient (Wildman–Crippen LogP) is 1.50. The zero-order chi connectivity index (χ0) is 40.0. The van der Waals surface area contributed by atoms with E-state index in [2.05, 4.69) is 21.3 Å². The first kappa shape index (κ1) is 40.1. The van der Waals surface area contributed by atoms with E-state index in [9.17, 15) is 28.8 Å². The normalized spacial score (nSPS) is 24.3. The number of ether oxygens (including phenoxy) is 3. The molecule has 0 saturated carbocycles. The molecule has 55 heavy (non-hydrogen) atoms. The Morgan fingerprint density at radius 3 is 1.87 bits per heavy atom. The van der Waals surface area contributed by atoms with Gasteiger partial charge in [0, 0.05) is 33.4 Å². The van der Waals surface area contributed by atoms with Gasteiger partial charge in [0.2, 0.25) is 35.4 Å². The molecule has 3 aromatic rings. The molecule has 6 amide bonds. The summed E-state index contributed by atoms with van der Waals surface area (Å²) in [6.45, 7) is 4.43. The number of nitrogens with one attached hydrogen (secondary N) is 4. The summed E-state index contributed by atoms with van der Waals surface area (Å²) in [5.74, 6) is -1.80. The quantitative estimate of drug-likeness (QED) is 0.307. The number of benzene rings is 3. The van der Waals surface area contributed by atoms with E-state index in [1.807, 2.05) is 0 Å². The first-order valence-electron chi connectivity index (χ1n) is 18.0. The molecule has 3 aliphatic heterocycles. The van der Waals surface area contributed by atoms with Crippen molar-refractivity contribution < 1.29 is 43.0 Å². The maximum atomic E-state index is 14.3. The summed E-state index contributed by atoms with van der Waals surface area (Å²) in [5, 5.41) is 10.9. The van der Waals surface area contributed by atoms with Crippen LogP contribution in [0.15, 0.2) is 66.7 Å². The molecule has 0 aliphatic carbocycles. The van der Waals surface area contributed by atoms with Crippen LogP contribution in [0.4, 0.5) is 0 Å². The Morgan fingerprint density at radius 1 is 0.636 bits per heavy atom. The summed E-state index contributed by atoms with van der Waals surface area (Å²) in [6.07, 6.45) is 0.103. The highest BCUT2D eigenvalue weighted by molar-refractivity contribution is 5.98. The lowest BCUT2D eigenvalue weighted by Gasteiger charge is -2.34. The predicted molar refractivity (Wildman–Crippen MR) is 201 cm³/mol. The molecule has 0 radical (unpaired) electrons. The molecular weight excluding hydrogens is 708 g/mol. The van der Waals surface area contributed by atoms with Crippen LogP contribution in [0, 0.1) is 0 Å². The van der Waals surface area contributed by atoms with Crippen LogP contribution in [0.5, 0.6) is 23.0 Å². The second-order valence-corrected chi connectivity index (χ2v) is 13.9. The van der Waals surface area contributed by atoms with Gasteiger partial charge in [-0.3, -0.25) is 28.8 Å². The fourth-order valence-electron chi connectivity index (χ4n) is 6.55. The SMILES string of the molecule is COc1ccc(C[C@H]2C(=O)N[C@@H](C)C(=O)N(C)[C@H]3Cc4ccc(cc4)Oc4cc(ccc4OC)C[C@H](NC3=O)C(=O)N[C@@H](C)C(=O)N[C@@H](C)C(=O)N2C)cc1. The smallest absolute Gasteiger partial charge is 0.245 e. The number of methoxy groups -OCH3 is 2. The van der Waals surface area contributed by atoms with Gasteiger partial charge >= 0.3 is 0 Å². The Bertz CT molecular complexity index is 1920. The highest BCUT2D eigenvalue weighted by Gasteiger charge is 2.37. The molecule has 6 rings (SSSR count). The van der Waals surface area contributed by atoms with E-state index in [1.54, 1.807) is 66.7 Å². The lowest BCUT2D eigenvalue weighted by Crippen LogP contribution is -2.61. The van der Waals surface area contributed by atoms with E-state index in [4.69, 9.17) is 14.2 Å². The van der Waals surface area contributed by atoms with Crippen LogP contribution in [0.2, 0.25) is 0 Å². The molecule has 3 heterocycles. The van der Waals surface area contributed by atoms with E-state index in [-0.39, 0.29) is 19.3 Å². The molecule has 3 aliphatic rings. The van der Waals surface area contributed by atoms with Crippen molar-refractivity contribution in [3.8, 4) is 23.0 Å². The zero-order valence-electron chi connectivity index (χ0n) is 32.0. The molecule has 1 fully saturated rings. The summed E-state index contributed by atoms with van der Waals surface area (Å²) >= 11 is 0. The minimum atomic E-state index is -1.21. The van der Waals surface area contributed by atoms with Crippen LogP contribution in [-0.2, 0) is 48.0 Å². The van der Waals surface area contributed by atoms with Gasteiger partial charge in [0.1, 0.15) is 47.8 Å². The minimum absolute atomic E-state index is 0.0179. The van der Waals surface area contributed by atoms with Gasteiger partial charge in [-0.05, 0) is 73.9 Å². The number of hydrogen-bond donors (Lipinski definition) is 4. The summed E-state index contributed by atoms with van der Waals surface area (Å²) in [4.78, 5) is 85.9. The summed E-state index contributed by atoms with van der Waals surface area (Å²) < 4.78 is 16.9. The highest BCUT2D eigenvalue weighted by atomic mass is 16.5. The Kier molecular flexibility index (Phi) is 12.6. The third-order valence-electron chi connectivity index (χ3n) is 9.92. The van der Waals surface area contributed by atoms with Crippen molar-refractivity contribution in [1.29, 1.82) is 0 Å². The molecule has 6 bridgehead atoms. The summed E-state index contributed by atoms with van der Waals surface area (Å²) in [5.41, 5.74) is 2.00. The van der Waals surface area contributed by atoms with Gasteiger partial charge in [-0.2, -0.15) is 0 Å². The Hall–Kier alpha value is -6.12. The van der Waals surface area contributed by atoms with Crippen molar-refractivity contribution in [2.45, 2.75) is 76.3 Å². The molecule has 0 aromatic heterocycles. The molecule has 6 atom stereocenters. The lowest BCUT2D eigenvalue weighted by molar-refractivity contribution is -0.145. The number of amides is 6. The van der Waals surface area contributed by atoms with Gasteiger partial charge < -0.3 is 45.3 Å². The standard InChI is InChI=1S/C40H48N6O9/c1-22-35(47)42-23(2)39(51)45(4)31(19-25-8-13-28(53-6)14-9-25)37(49)43-24(3)40(52)46(5)32-20-26-10-15-29(16-11-26)55-34-21-27(12-17-33(34)54-7)18-30(36(48)41-22)44-38(32)50/h8-17,21-24,30-32H,18-20H2,1-7H3,(H,41,48)(H,42,47)(H,43,49)(H,44,50)/t22-,23-,24-,30-,31-,32-/m0/s1. The maximum absolute atomic E-state index is 14.3. The number of rotatable bonds is 4. The van der Waals surface area contributed by atoms with Crippen LogP contribution in [0.3, 0.4) is 0 Å². The first-order valence-corrected chi connectivity index (χ1v) is 18.0. The summed E-state index contributed by atoms with van der Waals surface area (Å²) in [6, 6.07) is 12.3.